The van der Waals surface area contributed by atoms with E-state index in [-0.39, 0.29) is 43.0 Å². The van der Waals surface area contributed by atoms with Crippen molar-refractivity contribution in [2.75, 3.05) is 20.1 Å². The van der Waals surface area contributed by atoms with Crippen LogP contribution < -0.4 is 22.1 Å². The number of allylic oxidation sites excluding steroid dienone is 2. The topological polar surface area (TPSA) is 174 Å². The highest BCUT2D eigenvalue weighted by Gasteiger charge is 2.45. The second-order valence-corrected chi connectivity index (χ2v) is 10.7. The molecule has 14 heteroatoms. The second-order valence-electron chi connectivity index (χ2n) is 10.7. The Balaban J connectivity index is 3.28. The minimum Gasteiger partial charge on any atom is -0.487 e. The molecule has 0 heterocycles. The van der Waals surface area contributed by atoms with Crippen LogP contribution in [0, 0.1) is 5.92 Å². The summed E-state index contributed by atoms with van der Waals surface area (Å²) in [6, 6.07) is -0.923. The van der Waals surface area contributed by atoms with Crippen LogP contribution in [-0.2, 0) is 14.3 Å². The molecule has 0 aromatic rings. The molecule has 0 saturated carbocycles. The van der Waals surface area contributed by atoms with Crippen molar-refractivity contribution in [2.24, 2.45) is 27.4 Å². The van der Waals surface area contributed by atoms with Crippen LogP contribution in [0.1, 0.15) is 72.6 Å². The molecule has 0 fully saturated rings. The molecular formula is C26H45F3N6O5. The Hall–Kier alpha value is -2.71. The van der Waals surface area contributed by atoms with Crippen molar-refractivity contribution in [1.29, 1.82) is 0 Å². The van der Waals surface area contributed by atoms with E-state index in [0.29, 0.717) is 19.4 Å². The summed E-state index contributed by atoms with van der Waals surface area (Å²) < 4.78 is 52.9. The first-order valence-corrected chi connectivity index (χ1v) is 13.4. The maximum Gasteiger partial charge on any atom is 0.407 e. The van der Waals surface area contributed by atoms with Gasteiger partial charge in [0.1, 0.15) is 5.60 Å². The number of amides is 2. The third-order valence-electron chi connectivity index (χ3n) is 5.81. The molecule has 0 aromatic heterocycles. The molecular weight excluding hydrogens is 533 g/mol. The standard InChI is InChI=1S/C26H45F3N6O5/c1-16(9-13-33-24(38)40-25(2,3)4)39-22-19(34-21(36)8-6-7-11-30)14-17(26(27,28)29)15-20(22)35-23(37)18(31)10-12-32-5/h12,16-18,23,37H,6-11,13-15,30-31H2,1-5H3,(H,33,38)(H,34,36). The molecule has 1 rings (SSSR count). The lowest BCUT2D eigenvalue weighted by Crippen LogP contribution is -2.40. The minimum absolute atomic E-state index is 0.0483. The Morgan fingerprint density at radius 3 is 2.48 bits per heavy atom. The fraction of sp³-hybridized carbons (Fsp3) is 0.769. The number of aliphatic hydroxyl groups excluding tert-OH is 1. The Morgan fingerprint density at radius 1 is 1.23 bits per heavy atom. The number of hydrogen-bond donors (Lipinski definition) is 5. The molecule has 1 aliphatic carbocycles. The van der Waals surface area contributed by atoms with Gasteiger partial charge in [0.2, 0.25) is 5.91 Å². The highest BCUT2D eigenvalue weighted by atomic mass is 19.4. The summed E-state index contributed by atoms with van der Waals surface area (Å²) in [5.74, 6) is -2.39. The Bertz CT molecular complexity index is 917. The van der Waals surface area contributed by atoms with Crippen molar-refractivity contribution in [3.8, 4) is 0 Å². The van der Waals surface area contributed by atoms with Crippen LogP contribution in [0.15, 0.2) is 21.4 Å². The molecule has 0 spiro atoms. The van der Waals surface area contributed by atoms with E-state index in [2.05, 4.69) is 20.6 Å². The van der Waals surface area contributed by atoms with Crippen molar-refractivity contribution in [2.45, 2.75) is 103 Å². The largest absolute Gasteiger partial charge is 0.487 e. The number of unbranched alkanes of at least 4 members (excludes halogenated alkanes) is 1. The molecule has 0 bridgehead atoms. The molecule has 4 unspecified atom stereocenters. The maximum atomic E-state index is 13.9. The SMILES string of the molecule is CN=CCC(N)C(O)N=C1CC(C(F)(F)F)CC(NC(=O)CCCCN)=C1OC(C)CCNC(=O)OC(C)(C)C. The van der Waals surface area contributed by atoms with E-state index in [1.54, 1.807) is 27.7 Å². The summed E-state index contributed by atoms with van der Waals surface area (Å²) in [6.45, 7) is 7.38. The molecule has 40 heavy (non-hydrogen) atoms. The monoisotopic (exact) mass is 578 g/mol. The highest BCUT2D eigenvalue weighted by Crippen LogP contribution is 2.39. The summed E-state index contributed by atoms with van der Waals surface area (Å²) in [5, 5.41) is 15.7. The number of ether oxygens (including phenoxy) is 2. The van der Waals surface area contributed by atoms with Crippen molar-refractivity contribution in [3.63, 3.8) is 0 Å². The number of alkyl carbamates (subject to hydrolysis) is 1. The fourth-order valence-electron chi connectivity index (χ4n) is 3.72. The van der Waals surface area contributed by atoms with E-state index in [9.17, 15) is 27.9 Å². The van der Waals surface area contributed by atoms with Crippen LogP contribution in [0.5, 0.6) is 0 Å². The van der Waals surface area contributed by atoms with Gasteiger partial charge in [-0.15, -0.1) is 0 Å². The average molecular weight is 579 g/mol. The quantitative estimate of drug-likeness (QED) is 0.156. The van der Waals surface area contributed by atoms with Gasteiger partial charge in [0.15, 0.2) is 12.0 Å². The lowest BCUT2D eigenvalue weighted by molar-refractivity contribution is -0.173. The first kappa shape index (κ1) is 35.3. The Labute approximate surface area is 234 Å². The first-order valence-electron chi connectivity index (χ1n) is 13.4. The number of nitrogens with two attached hydrogens (primary N) is 2. The molecule has 0 radical (unpaired) electrons. The number of halogens is 3. The van der Waals surface area contributed by atoms with E-state index in [0.717, 1.165) is 0 Å². The second kappa shape index (κ2) is 16.5. The van der Waals surface area contributed by atoms with E-state index >= 15 is 0 Å². The minimum atomic E-state index is -4.59. The van der Waals surface area contributed by atoms with Crippen molar-refractivity contribution < 1.29 is 37.3 Å². The predicted molar refractivity (Wildman–Crippen MR) is 147 cm³/mol. The first-order chi connectivity index (χ1) is 18.6. The zero-order chi connectivity index (χ0) is 30.5. The number of rotatable bonds is 14. The molecule has 11 nitrogen and oxygen atoms in total. The van der Waals surface area contributed by atoms with Gasteiger partial charge in [0.05, 0.1) is 29.5 Å². The average Bonchev–Trinajstić information content (AvgIpc) is 2.82. The number of carbonyl (C=O) groups is 2. The van der Waals surface area contributed by atoms with Gasteiger partial charge in [-0.05, 0) is 47.1 Å². The normalized spacial score (nSPS) is 19.9. The number of nitrogens with zero attached hydrogens (tertiary/aromatic N) is 2. The van der Waals surface area contributed by atoms with E-state index in [1.165, 1.54) is 13.3 Å². The number of nitrogens with one attached hydrogen (secondary N) is 2. The highest BCUT2D eigenvalue weighted by molar-refractivity contribution is 6.01. The molecule has 0 aliphatic heterocycles. The zero-order valence-electron chi connectivity index (χ0n) is 24.0. The molecule has 4 atom stereocenters. The van der Waals surface area contributed by atoms with Crippen molar-refractivity contribution in [3.05, 3.63) is 11.5 Å². The van der Waals surface area contributed by atoms with E-state index in [1.807, 2.05) is 0 Å². The smallest absolute Gasteiger partial charge is 0.407 e. The van der Waals surface area contributed by atoms with Crippen LogP contribution in [0.25, 0.3) is 0 Å². The number of aliphatic imine (C=N–C) groups is 2. The summed E-state index contributed by atoms with van der Waals surface area (Å²) >= 11 is 0. The van der Waals surface area contributed by atoms with E-state index in [4.69, 9.17) is 20.9 Å². The Kier molecular flexibility index (Phi) is 14.6. The summed E-state index contributed by atoms with van der Waals surface area (Å²) in [5.41, 5.74) is 10.5. The number of aliphatic hydroxyl groups is 1. The van der Waals surface area contributed by atoms with Gasteiger partial charge in [0.25, 0.3) is 0 Å². The number of carbonyl (C=O) groups excluding carboxylic acids is 2. The summed E-state index contributed by atoms with van der Waals surface area (Å²) in [6.07, 6.45) is -5.46. The Morgan fingerprint density at radius 2 is 1.90 bits per heavy atom. The van der Waals surface area contributed by atoms with Gasteiger partial charge >= 0.3 is 12.3 Å². The van der Waals surface area contributed by atoms with Crippen LogP contribution >= 0.6 is 0 Å². The van der Waals surface area contributed by atoms with Gasteiger partial charge in [-0.25, -0.2) is 4.79 Å². The molecule has 2 amide bonds. The van der Waals surface area contributed by atoms with Gasteiger partial charge in [0, 0.05) is 51.9 Å². The lowest BCUT2D eigenvalue weighted by Gasteiger charge is -2.32. The van der Waals surface area contributed by atoms with Crippen LogP contribution in [0.2, 0.25) is 0 Å². The lowest BCUT2D eigenvalue weighted by atomic mass is 9.88. The van der Waals surface area contributed by atoms with Gasteiger partial charge in [-0.1, -0.05) is 0 Å². The zero-order valence-corrected chi connectivity index (χ0v) is 24.0. The fourth-order valence-corrected chi connectivity index (χ4v) is 3.72. The maximum absolute atomic E-state index is 13.9. The van der Waals surface area contributed by atoms with E-state index < -0.39 is 60.9 Å². The van der Waals surface area contributed by atoms with Gasteiger partial charge in [-0.3, -0.25) is 9.79 Å². The number of alkyl halides is 3. The van der Waals surface area contributed by atoms with Crippen molar-refractivity contribution >= 4 is 23.9 Å². The molecule has 1 aliphatic rings. The molecule has 7 N–H and O–H groups in total. The number of hydrogen-bond acceptors (Lipinski definition) is 9. The third kappa shape index (κ3) is 13.6. The predicted octanol–water partition coefficient (Wildman–Crippen LogP) is 2.91. The van der Waals surface area contributed by atoms with Crippen LogP contribution in [0.4, 0.5) is 18.0 Å². The van der Waals surface area contributed by atoms with Crippen LogP contribution in [0.3, 0.4) is 0 Å². The van der Waals surface area contributed by atoms with Crippen LogP contribution in [-0.4, -0.2) is 79.3 Å². The molecule has 0 aromatic carbocycles. The molecule has 0 saturated heterocycles. The summed E-state index contributed by atoms with van der Waals surface area (Å²) in [7, 11) is 1.52. The van der Waals surface area contributed by atoms with Gasteiger partial charge in [-0.2, -0.15) is 13.2 Å². The molecule has 230 valence electrons. The third-order valence-corrected chi connectivity index (χ3v) is 5.81. The van der Waals surface area contributed by atoms with Crippen molar-refractivity contribution in [1.82, 2.24) is 10.6 Å². The van der Waals surface area contributed by atoms with Gasteiger partial charge < -0.3 is 41.7 Å². The summed E-state index contributed by atoms with van der Waals surface area (Å²) in [4.78, 5) is 32.4.